The Morgan fingerprint density at radius 2 is 1.91 bits per heavy atom. The van der Waals surface area contributed by atoms with Crippen LogP contribution >= 0.6 is 11.6 Å². The normalized spacial score (nSPS) is 19.4. The first-order valence-electron chi connectivity index (χ1n) is 11.5. The highest BCUT2D eigenvalue weighted by Crippen LogP contribution is 2.30. The lowest BCUT2D eigenvalue weighted by Gasteiger charge is -2.42. The van der Waals surface area contributed by atoms with E-state index in [4.69, 9.17) is 22.1 Å². The minimum Gasteiger partial charge on any atom is -0.493 e. The van der Waals surface area contributed by atoms with Gasteiger partial charge in [-0.25, -0.2) is 0 Å². The molecule has 2 aliphatic rings. The molecular weight excluding hydrogens is 430 g/mol. The molecule has 1 unspecified atom stereocenters. The SMILES string of the molecule is CCOc1cc(N)c(Cl)cc1C(=O)NC1CCN(C(C(=O)N(C)C)C2CCNCC2)CC1. The number of ether oxygens (including phenoxy) is 1. The molecule has 9 heteroatoms. The molecule has 0 aliphatic carbocycles. The van der Waals surface area contributed by atoms with Gasteiger partial charge >= 0.3 is 0 Å². The molecule has 0 aromatic heterocycles. The van der Waals surface area contributed by atoms with Gasteiger partial charge in [-0.1, -0.05) is 11.6 Å². The van der Waals surface area contributed by atoms with Crippen LogP contribution in [0.15, 0.2) is 12.1 Å². The smallest absolute Gasteiger partial charge is 0.255 e. The minimum absolute atomic E-state index is 0.0349. The third-order valence-corrected chi connectivity index (χ3v) is 6.75. The number of hydrogen-bond acceptors (Lipinski definition) is 6. The molecule has 1 atom stereocenters. The third-order valence-electron chi connectivity index (χ3n) is 6.43. The number of rotatable bonds is 7. The molecule has 178 valence electrons. The Hall–Kier alpha value is -2.03. The summed E-state index contributed by atoms with van der Waals surface area (Å²) in [4.78, 5) is 30.0. The number of nitrogens with one attached hydrogen (secondary N) is 2. The van der Waals surface area contributed by atoms with Crippen molar-refractivity contribution in [1.82, 2.24) is 20.4 Å². The highest BCUT2D eigenvalue weighted by atomic mass is 35.5. The van der Waals surface area contributed by atoms with E-state index >= 15 is 0 Å². The van der Waals surface area contributed by atoms with Gasteiger partial charge < -0.3 is 26.0 Å². The number of likely N-dealkylation sites (N-methyl/N-ethyl adjacent to an activating group) is 1. The molecule has 8 nitrogen and oxygen atoms in total. The van der Waals surface area contributed by atoms with Gasteiger partial charge in [0.1, 0.15) is 5.75 Å². The Labute approximate surface area is 195 Å². The Kier molecular flexibility index (Phi) is 8.62. The summed E-state index contributed by atoms with van der Waals surface area (Å²) in [5, 5.41) is 6.84. The summed E-state index contributed by atoms with van der Waals surface area (Å²) in [6.07, 6.45) is 3.61. The lowest BCUT2D eigenvalue weighted by atomic mass is 9.87. The summed E-state index contributed by atoms with van der Waals surface area (Å²) >= 11 is 6.15. The van der Waals surface area contributed by atoms with Gasteiger partial charge in [0.05, 0.1) is 28.9 Å². The van der Waals surface area contributed by atoms with E-state index in [1.807, 2.05) is 21.0 Å². The minimum atomic E-state index is -0.215. The molecular formula is C23H36ClN5O3. The maximum absolute atomic E-state index is 13.0. The number of likely N-dealkylation sites (tertiary alicyclic amines) is 1. The fourth-order valence-corrected chi connectivity index (χ4v) is 4.85. The summed E-state index contributed by atoms with van der Waals surface area (Å²) in [7, 11) is 3.66. The fraction of sp³-hybridized carbons (Fsp3) is 0.652. The van der Waals surface area contributed by atoms with Crippen molar-refractivity contribution >= 4 is 29.1 Å². The molecule has 2 fully saturated rings. The van der Waals surface area contributed by atoms with Crippen LogP contribution in [0.4, 0.5) is 5.69 Å². The van der Waals surface area contributed by atoms with Crippen LogP contribution in [0.3, 0.4) is 0 Å². The van der Waals surface area contributed by atoms with Crippen LogP contribution in [-0.2, 0) is 4.79 Å². The van der Waals surface area contributed by atoms with Crippen molar-refractivity contribution < 1.29 is 14.3 Å². The Morgan fingerprint density at radius 3 is 2.50 bits per heavy atom. The number of nitrogen functional groups attached to an aromatic ring is 1. The van der Waals surface area contributed by atoms with Crippen molar-refractivity contribution in [3.05, 3.63) is 22.7 Å². The largest absolute Gasteiger partial charge is 0.493 e. The van der Waals surface area contributed by atoms with Crippen molar-refractivity contribution in [1.29, 1.82) is 0 Å². The Morgan fingerprint density at radius 1 is 1.25 bits per heavy atom. The summed E-state index contributed by atoms with van der Waals surface area (Å²) in [5.74, 6) is 0.764. The number of benzene rings is 1. The van der Waals surface area contributed by atoms with Gasteiger partial charge in [0.2, 0.25) is 5.91 Å². The van der Waals surface area contributed by atoms with E-state index in [1.54, 1.807) is 17.0 Å². The molecule has 3 rings (SSSR count). The lowest BCUT2D eigenvalue weighted by molar-refractivity contribution is -0.137. The Balaban J connectivity index is 1.64. The summed E-state index contributed by atoms with van der Waals surface area (Å²) in [6, 6.07) is 3.10. The zero-order valence-electron chi connectivity index (χ0n) is 19.3. The molecule has 4 N–H and O–H groups in total. The fourth-order valence-electron chi connectivity index (χ4n) is 4.69. The van der Waals surface area contributed by atoms with Crippen LogP contribution in [0.25, 0.3) is 0 Å². The van der Waals surface area contributed by atoms with Crippen LogP contribution in [0, 0.1) is 5.92 Å². The topological polar surface area (TPSA) is 99.9 Å². The van der Waals surface area contributed by atoms with Crippen molar-refractivity contribution in [2.75, 3.05) is 52.6 Å². The van der Waals surface area contributed by atoms with Crippen LogP contribution in [0.5, 0.6) is 5.75 Å². The van der Waals surface area contributed by atoms with Gasteiger partial charge in [0.25, 0.3) is 5.91 Å². The predicted octanol–water partition coefficient (Wildman–Crippen LogP) is 1.97. The first-order valence-corrected chi connectivity index (χ1v) is 11.9. The van der Waals surface area contributed by atoms with Gasteiger partial charge in [-0.2, -0.15) is 0 Å². The number of hydrogen-bond donors (Lipinski definition) is 3. The maximum atomic E-state index is 13.0. The second kappa shape index (κ2) is 11.2. The number of piperidine rings is 2. The molecule has 2 amide bonds. The molecule has 2 heterocycles. The van der Waals surface area contributed by atoms with Crippen LogP contribution < -0.4 is 21.1 Å². The monoisotopic (exact) mass is 465 g/mol. The Bertz CT molecular complexity index is 805. The number of amides is 2. The average Bonchev–Trinajstić information content (AvgIpc) is 2.78. The highest BCUT2D eigenvalue weighted by Gasteiger charge is 2.37. The number of carbonyl (C=O) groups is 2. The zero-order chi connectivity index (χ0) is 23.3. The molecule has 1 aromatic rings. The molecule has 0 spiro atoms. The van der Waals surface area contributed by atoms with Crippen molar-refractivity contribution in [2.24, 2.45) is 5.92 Å². The number of nitrogens with two attached hydrogens (primary N) is 1. The predicted molar refractivity (Wildman–Crippen MR) is 127 cm³/mol. The quantitative estimate of drug-likeness (QED) is 0.532. The standard InChI is InChI=1S/C23H36ClN5O3/c1-4-32-20-14-19(25)18(24)13-17(20)22(30)27-16-7-11-29(12-8-16)21(23(31)28(2)3)15-5-9-26-10-6-15/h13-16,21,26H,4-12,25H2,1-3H3,(H,27,30). The van der Waals surface area contributed by atoms with Gasteiger partial charge in [-0.15, -0.1) is 0 Å². The molecule has 32 heavy (non-hydrogen) atoms. The number of halogens is 1. The second-order valence-corrected chi connectivity index (χ2v) is 9.26. The summed E-state index contributed by atoms with van der Waals surface area (Å²) in [5.41, 5.74) is 6.65. The van der Waals surface area contributed by atoms with E-state index in [-0.39, 0.29) is 23.9 Å². The first-order chi connectivity index (χ1) is 15.3. The third kappa shape index (κ3) is 5.85. The van der Waals surface area contributed by atoms with E-state index in [0.29, 0.717) is 34.5 Å². The molecule has 0 bridgehead atoms. The van der Waals surface area contributed by atoms with Crippen molar-refractivity contribution in [3.63, 3.8) is 0 Å². The van der Waals surface area contributed by atoms with E-state index in [1.165, 1.54) is 0 Å². The highest BCUT2D eigenvalue weighted by molar-refractivity contribution is 6.33. The van der Waals surface area contributed by atoms with E-state index in [9.17, 15) is 9.59 Å². The van der Waals surface area contributed by atoms with Gasteiger partial charge in [-0.05, 0) is 57.7 Å². The summed E-state index contributed by atoms with van der Waals surface area (Å²) < 4.78 is 5.59. The van der Waals surface area contributed by atoms with Crippen LogP contribution in [0.2, 0.25) is 5.02 Å². The van der Waals surface area contributed by atoms with Gasteiger partial charge in [-0.3, -0.25) is 14.5 Å². The first kappa shape index (κ1) is 24.6. The number of carbonyl (C=O) groups excluding carboxylic acids is 2. The van der Waals surface area contributed by atoms with E-state index < -0.39 is 0 Å². The second-order valence-electron chi connectivity index (χ2n) is 8.85. The molecule has 0 radical (unpaired) electrons. The van der Waals surface area contributed by atoms with E-state index in [0.717, 1.165) is 51.9 Å². The van der Waals surface area contributed by atoms with Crippen molar-refractivity contribution in [3.8, 4) is 5.75 Å². The number of anilines is 1. The van der Waals surface area contributed by atoms with Gasteiger partial charge in [0, 0.05) is 39.3 Å². The molecule has 2 saturated heterocycles. The van der Waals surface area contributed by atoms with Crippen LogP contribution in [0.1, 0.15) is 43.0 Å². The number of nitrogens with zero attached hydrogens (tertiary/aromatic N) is 2. The zero-order valence-corrected chi connectivity index (χ0v) is 20.1. The van der Waals surface area contributed by atoms with Crippen molar-refractivity contribution in [2.45, 2.75) is 44.7 Å². The maximum Gasteiger partial charge on any atom is 0.255 e. The molecule has 0 saturated carbocycles. The van der Waals surface area contributed by atoms with E-state index in [2.05, 4.69) is 15.5 Å². The summed E-state index contributed by atoms with van der Waals surface area (Å²) in [6.45, 7) is 5.76. The average molecular weight is 466 g/mol. The lowest BCUT2D eigenvalue weighted by Crippen LogP contribution is -2.56. The van der Waals surface area contributed by atoms with Crippen LogP contribution in [-0.4, -0.2) is 80.6 Å². The molecule has 1 aromatic carbocycles. The van der Waals surface area contributed by atoms with Gasteiger partial charge in [0.15, 0.2) is 0 Å². The molecule has 2 aliphatic heterocycles.